The summed E-state index contributed by atoms with van der Waals surface area (Å²) >= 11 is 1.50. The fourth-order valence-corrected chi connectivity index (χ4v) is 4.75. The summed E-state index contributed by atoms with van der Waals surface area (Å²) in [6.07, 6.45) is 5.28. The van der Waals surface area contributed by atoms with Crippen LogP contribution in [0.4, 0.5) is 0 Å². The molecule has 2 N–H and O–H groups in total. The van der Waals surface area contributed by atoms with Crippen LogP contribution in [0.15, 0.2) is 28.0 Å². The van der Waals surface area contributed by atoms with E-state index in [0.29, 0.717) is 4.90 Å². The van der Waals surface area contributed by atoms with Crippen LogP contribution in [0.2, 0.25) is 0 Å². The van der Waals surface area contributed by atoms with Gasteiger partial charge in [-0.15, -0.1) is 11.8 Å². The van der Waals surface area contributed by atoms with Crippen LogP contribution in [-0.4, -0.2) is 27.0 Å². The van der Waals surface area contributed by atoms with Crippen LogP contribution in [0.5, 0.6) is 0 Å². The number of hydrogen-bond donors (Lipinski definition) is 1. The van der Waals surface area contributed by atoms with Crippen LogP contribution in [0.1, 0.15) is 25.3 Å². The van der Waals surface area contributed by atoms with E-state index in [4.69, 9.17) is 5.73 Å². The van der Waals surface area contributed by atoms with Gasteiger partial charge in [0.2, 0.25) is 0 Å². The first-order chi connectivity index (χ1) is 8.33. The number of rotatable bonds is 4. The lowest BCUT2D eigenvalue weighted by molar-refractivity contribution is 0.544. The maximum atomic E-state index is 11.8. The predicted molar refractivity (Wildman–Crippen MR) is 75.9 cm³/mol. The highest BCUT2D eigenvalue weighted by molar-refractivity contribution is 7.99. The summed E-state index contributed by atoms with van der Waals surface area (Å²) in [6, 6.07) is 5.59. The molecule has 1 fully saturated rings. The monoisotopic (exact) mass is 285 g/mol. The minimum Gasteiger partial charge on any atom is -0.327 e. The zero-order valence-corrected chi connectivity index (χ0v) is 12.6. The van der Waals surface area contributed by atoms with Gasteiger partial charge in [-0.25, -0.2) is 8.42 Å². The average Bonchev–Trinajstić information content (AvgIpc) is 3.07. The maximum Gasteiger partial charge on any atom is 0.176 e. The lowest BCUT2D eigenvalue weighted by Crippen LogP contribution is -2.32. The van der Waals surface area contributed by atoms with Crippen LogP contribution in [-0.2, 0) is 15.3 Å². The van der Waals surface area contributed by atoms with Crippen molar-refractivity contribution in [2.45, 2.75) is 41.0 Å². The van der Waals surface area contributed by atoms with Crippen molar-refractivity contribution < 1.29 is 8.42 Å². The largest absolute Gasteiger partial charge is 0.327 e. The van der Waals surface area contributed by atoms with Crippen LogP contribution in [0, 0.1) is 0 Å². The Bertz CT molecular complexity index is 560. The molecule has 0 aromatic heterocycles. The van der Waals surface area contributed by atoms with E-state index in [0.717, 1.165) is 23.3 Å². The van der Waals surface area contributed by atoms with Crippen molar-refractivity contribution in [2.24, 2.45) is 5.73 Å². The molecular weight excluding hydrogens is 266 g/mol. The summed E-state index contributed by atoms with van der Waals surface area (Å²) < 4.78 is 23.7. The van der Waals surface area contributed by atoms with Gasteiger partial charge >= 0.3 is 0 Å². The van der Waals surface area contributed by atoms with E-state index < -0.39 is 9.84 Å². The molecule has 0 saturated heterocycles. The predicted octanol–water partition coefficient (Wildman–Crippen LogP) is 2.19. The van der Waals surface area contributed by atoms with Crippen molar-refractivity contribution in [3.05, 3.63) is 23.8 Å². The molecule has 5 heteroatoms. The van der Waals surface area contributed by atoms with Crippen LogP contribution in [0.25, 0.3) is 0 Å². The summed E-state index contributed by atoms with van der Waals surface area (Å²) in [4.78, 5) is 1.30. The lowest BCUT2D eigenvalue weighted by atomic mass is 9.89. The Kier molecular flexibility index (Phi) is 3.51. The molecule has 0 radical (unpaired) electrons. The van der Waals surface area contributed by atoms with Crippen molar-refractivity contribution in [2.75, 3.05) is 12.5 Å². The molecule has 0 aliphatic heterocycles. The Morgan fingerprint density at radius 1 is 1.39 bits per heavy atom. The minimum absolute atomic E-state index is 0.0148. The van der Waals surface area contributed by atoms with Gasteiger partial charge in [-0.05, 0) is 37.7 Å². The molecule has 0 spiro atoms. The summed E-state index contributed by atoms with van der Waals surface area (Å²) in [7, 11) is -3.19. The minimum atomic E-state index is -3.19. The highest BCUT2D eigenvalue weighted by Crippen LogP contribution is 2.53. The zero-order chi connectivity index (χ0) is 13.6. The Labute approximate surface area is 113 Å². The first-order valence-corrected chi connectivity index (χ1v) is 9.07. The third-order valence-corrected chi connectivity index (χ3v) is 5.90. The summed E-state index contributed by atoms with van der Waals surface area (Å²) in [5.74, 6) is 0. The van der Waals surface area contributed by atoms with Gasteiger partial charge in [0.05, 0.1) is 4.90 Å². The third-order valence-electron chi connectivity index (χ3n) is 3.78. The Morgan fingerprint density at radius 3 is 2.39 bits per heavy atom. The fourth-order valence-electron chi connectivity index (χ4n) is 2.52. The van der Waals surface area contributed by atoms with Crippen molar-refractivity contribution >= 4 is 21.6 Å². The molecule has 1 aromatic rings. The van der Waals surface area contributed by atoms with Crippen LogP contribution in [0.3, 0.4) is 0 Å². The first-order valence-electron chi connectivity index (χ1n) is 5.96. The van der Waals surface area contributed by atoms with Crippen molar-refractivity contribution in [1.29, 1.82) is 0 Å². The quantitative estimate of drug-likeness (QED) is 0.862. The summed E-state index contributed by atoms with van der Waals surface area (Å²) in [6.45, 7) is 2.00. The molecule has 18 heavy (non-hydrogen) atoms. The fraction of sp³-hybridized carbons (Fsp3) is 0.538. The van der Waals surface area contributed by atoms with Gasteiger partial charge in [0.15, 0.2) is 9.84 Å². The number of thioether (sulfide) groups is 1. The molecule has 2 rings (SSSR count). The molecular formula is C13H19NO2S2. The second kappa shape index (κ2) is 4.54. The van der Waals surface area contributed by atoms with Gasteiger partial charge in [0, 0.05) is 22.6 Å². The first kappa shape index (κ1) is 13.9. The number of hydrogen-bond acceptors (Lipinski definition) is 4. The SMILES string of the molecule is CSc1c(C2(C(C)N)CC2)cccc1S(C)(=O)=O. The highest BCUT2D eigenvalue weighted by Gasteiger charge is 2.49. The Hall–Kier alpha value is -0.520. The van der Waals surface area contributed by atoms with Gasteiger partial charge < -0.3 is 5.73 Å². The topological polar surface area (TPSA) is 60.2 Å². The van der Waals surface area contributed by atoms with Gasteiger partial charge in [0.1, 0.15) is 0 Å². The van der Waals surface area contributed by atoms with Gasteiger partial charge in [0.25, 0.3) is 0 Å². The second-order valence-electron chi connectivity index (χ2n) is 5.05. The van der Waals surface area contributed by atoms with Crippen LogP contribution >= 0.6 is 11.8 Å². The standard InChI is InChI=1S/C13H19NO2S2/c1-9(14)13(7-8-13)10-5-4-6-11(12(10)17-2)18(3,15)16/h4-6,9H,7-8,14H2,1-3H3. The van der Waals surface area contributed by atoms with E-state index in [9.17, 15) is 8.42 Å². The van der Waals surface area contributed by atoms with Crippen molar-refractivity contribution in [1.82, 2.24) is 0 Å². The number of benzene rings is 1. The molecule has 1 aliphatic carbocycles. The molecule has 3 nitrogen and oxygen atoms in total. The lowest BCUT2D eigenvalue weighted by Gasteiger charge is -2.23. The molecule has 1 aliphatic rings. The van der Waals surface area contributed by atoms with E-state index in [-0.39, 0.29) is 11.5 Å². The van der Waals surface area contributed by atoms with E-state index in [2.05, 4.69) is 0 Å². The molecule has 0 amide bonds. The normalized spacial score (nSPS) is 19.6. The van der Waals surface area contributed by atoms with E-state index in [1.165, 1.54) is 18.0 Å². The number of sulfone groups is 1. The van der Waals surface area contributed by atoms with Gasteiger partial charge in [-0.2, -0.15) is 0 Å². The van der Waals surface area contributed by atoms with Crippen molar-refractivity contribution in [3.63, 3.8) is 0 Å². The van der Waals surface area contributed by atoms with E-state index in [1.807, 2.05) is 25.3 Å². The molecule has 0 heterocycles. The van der Waals surface area contributed by atoms with E-state index >= 15 is 0 Å². The number of nitrogens with two attached hydrogens (primary N) is 1. The van der Waals surface area contributed by atoms with Gasteiger partial charge in [-0.1, -0.05) is 12.1 Å². The molecule has 1 unspecified atom stereocenters. The Morgan fingerprint density at radius 2 is 2.00 bits per heavy atom. The summed E-state index contributed by atoms with van der Waals surface area (Å²) in [5.41, 5.74) is 7.18. The highest BCUT2D eigenvalue weighted by atomic mass is 32.2. The van der Waals surface area contributed by atoms with Crippen molar-refractivity contribution in [3.8, 4) is 0 Å². The maximum absolute atomic E-state index is 11.8. The smallest absolute Gasteiger partial charge is 0.176 e. The Balaban J connectivity index is 2.64. The second-order valence-corrected chi connectivity index (χ2v) is 7.85. The molecule has 1 saturated carbocycles. The average molecular weight is 285 g/mol. The molecule has 1 atom stereocenters. The zero-order valence-electron chi connectivity index (χ0n) is 10.9. The van der Waals surface area contributed by atoms with E-state index in [1.54, 1.807) is 6.07 Å². The summed E-state index contributed by atoms with van der Waals surface area (Å²) in [5, 5.41) is 0. The molecule has 1 aromatic carbocycles. The molecule has 100 valence electrons. The van der Waals surface area contributed by atoms with Gasteiger partial charge in [-0.3, -0.25) is 0 Å². The molecule has 0 bridgehead atoms. The van der Waals surface area contributed by atoms with Crippen LogP contribution < -0.4 is 5.73 Å². The third kappa shape index (κ3) is 2.19.